The summed E-state index contributed by atoms with van der Waals surface area (Å²) in [6.45, 7) is 2.01. The molecule has 0 radical (unpaired) electrons. The average molecular weight is 366 g/mol. The van der Waals surface area contributed by atoms with Gasteiger partial charge in [0.1, 0.15) is 5.75 Å². The van der Waals surface area contributed by atoms with Crippen LogP contribution in [0.5, 0.6) is 5.75 Å². The minimum Gasteiger partial charge on any atom is -0.496 e. The molecule has 0 saturated carbocycles. The molecule has 5 nitrogen and oxygen atoms in total. The zero-order valence-corrected chi connectivity index (χ0v) is 16.3. The highest BCUT2D eigenvalue weighted by Crippen LogP contribution is 2.43. The minimum absolute atomic E-state index is 0.0236. The van der Waals surface area contributed by atoms with E-state index >= 15 is 0 Å². The molecule has 142 valence electrons. The quantitative estimate of drug-likeness (QED) is 0.831. The number of para-hydroxylation sites is 1. The van der Waals surface area contributed by atoms with Crippen LogP contribution in [0.25, 0.3) is 0 Å². The van der Waals surface area contributed by atoms with Crippen molar-refractivity contribution < 1.29 is 14.3 Å². The number of benzene rings is 2. The molecule has 0 bridgehead atoms. The van der Waals surface area contributed by atoms with E-state index in [1.54, 1.807) is 31.0 Å². The van der Waals surface area contributed by atoms with Crippen molar-refractivity contribution in [2.75, 3.05) is 26.1 Å². The van der Waals surface area contributed by atoms with Crippen molar-refractivity contribution in [3.05, 3.63) is 59.7 Å². The van der Waals surface area contributed by atoms with Crippen LogP contribution in [-0.4, -0.2) is 37.9 Å². The van der Waals surface area contributed by atoms with Gasteiger partial charge in [-0.1, -0.05) is 35.9 Å². The normalized spacial score (nSPS) is 19.7. The van der Waals surface area contributed by atoms with Gasteiger partial charge in [0.25, 0.3) is 0 Å². The van der Waals surface area contributed by atoms with Crippen molar-refractivity contribution in [1.29, 1.82) is 0 Å². The molecular formula is C22H26N2O3. The van der Waals surface area contributed by atoms with Gasteiger partial charge in [0.15, 0.2) is 0 Å². The van der Waals surface area contributed by atoms with Crippen molar-refractivity contribution in [2.45, 2.75) is 25.8 Å². The lowest BCUT2D eigenvalue weighted by molar-refractivity contribution is -0.136. The monoisotopic (exact) mass is 366 g/mol. The van der Waals surface area contributed by atoms with Crippen LogP contribution >= 0.6 is 0 Å². The first-order valence-electron chi connectivity index (χ1n) is 9.17. The second-order valence-corrected chi connectivity index (χ2v) is 7.16. The number of piperidine rings is 1. The predicted octanol–water partition coefficient (Wildman–Crippen LogP) is 3.58. The number of hydrogen-bond acceptors (Lipinski definition) is 3. The Morgan fingerprint density at radius 1 is 1.11 bits per heavy atom. The second kappa shape index (κ2) is 7.82. The van der Waals surface area contributed by atoms with Gasteiger partial charge in [-0.25, -0.2) is 0 Å². The van der Waals surface area contributed by atoms with Crippen LogP contribution in [0.2, 0.25) is 0 Å². The first kappa shape index (κ1) is 19.0. The molecule has 2 aromatic carbocycles. The van der Waals surface area contributed by atoms with E-state index < -0.39 is 6.04 Å². The molecule has 0 aliphatic carbocycles. The molecular weight excluding hydrogens is 340 g/mol. The van der Waals surface area contributed by atoms with E-state index in [9.17, 15) is 9.59 Å². The summed E-state index contributed by atoms with van der Waals surface area (Å²) in [6.07, 6.45) is 0.880. The van der Waals surface area contributed by atoms with E-state index in [0.29, 0.717) is 18.6 Å². The van der Waals surface area contributed by atoms with Crippen LogP contribution in [0, 0.1) is 12.8 Å². The van der Waals surface area contributed by atoms with Crippen LogP contribution in [0.4, 0.5) is 5.69 Å². The molecule has 2 atom stereocenters. The van der Waals surface area contributed by atoms with Gasteiger partial charge in [0.05, 0.1) is 19.1 Å². The molecule has 3 rings (SSSR count). The molecule has 0 N–H and O–H groups in total. The molecule has 0 spiro atoms. The fraction of sp³-hybridized carbons (Fsp3) is 0.364. The van der Waals surface area contributed by atoms with Crippen LogP contribution in [-0.2, 0) is 9.59 Å². The van der Waals surface area contributed by atoms with Gasteiger partial charge >= 0.3 is 0 Å². The number of carbonyl (C=O) groups is 2. The van der Waals surface area contributed by atoms with Crippen molar-refractivity contribution in [1.82, 2.24) is 4.90 Å². The lowest BCUT2D eigenvalue weighted by Crippen LogP contribution is -2.48. The molecule has 1 fully saturated rings. The Kier molecular flexibility index (Phi) is 5.49. The number of carbonyl (C=O) groups excluding carboxylic acids is 2. The number of anilines is 1. The first-order valence-corrected chi connectivity index (χ1v) is 9.17. The molecule has 1 saturated heterocycles. The summed E-state index contributed by atoms with van der Waals surface area (Å²) in [5, 5.41) is 0. The van der Waals surface area contributed by atoms with Crippen LogP contribution in [0.3, 0.4) is 0 Å². The van der Waals surface area contributed by atoms with Gasteiger partial charge in [-0.05, 0) is 31.5 Å². The Morgan fingerprint density at radius 3 is 2.41 bits per heavy atom. The van der Waals surface area contributed by atoms with Gasteiger partial charge in [-0.15, -0.1) is 0 Å². The summed E-state index contributed by atoms with van der Waals surface area (Å²) in [5.41, 5.74) is 2.78. The first-order chi connectivity index (χ1) is 12.9. The van der Waals surface area contributed by atoms with E-state index in [1.165, 1.54) is 0 Å². The molecule has 2 unspecified atom stereocenters. The number of ether oxygens (including phenoxy) is 1. The summed E-state index contributed by atoms with van der Waals surface area (Å²) in [4.78, 5) is 29.3. The molecule has 2 aromatic rings. The highest BCUT2D eigenvalue weighted by molar-refractivity contribution is 5.97. The fourth-order valence-electron chi connectivity index (χ4n) is 3.76. The summed E-state index contributed by atoms with van der Waals surface area (Å²) >= 11 is 0. The number of aryl methyl sites for hydroxylation is 1. The molecule has 0 aromatic heterocycles. The molecule has 5 heteroatoms. The van der Waals surface area contributed by atoms with E-state index in [2.05, 4.69) is 0 Å². The van der Waals surface area contributed by atoms with Gasteiger partial charge in [-0.3, -0.25) is 9.59 Å². The summed E-state index contributed by atoms with van der Waals surface area (Å²) in [6, 6.07) is 15.1. The van der Waals surface area contributed by atoms with Crippen LogP contribution in [0.1, 0.15) is 30.0 Å². The average Bonchev–Trinajstić information content (AvgIpc) is 2.68. The second-order valence-electron chi connectivity index (χ2n) is 7.16. The predicted molar refractivity (Wildman–Crippen MR) is 106 cm³/mol. The largest absolute Gasteiger partial charge is 0.496 e. The molecule has 1 heterocycles. The summed E-state index contributed by atoms with van der Waals surface area (Å²) in [5.74, 6) is 0.411. The lowest BCUT2D eigenvalue weighted by atomic mass is 9.82. The summed E-state index contributed by atoms with van der Waals surface area (Å²) < 4.78 is 5.56. The number of rotatable bonds is 4. The van der Waals surface area contributed by atoms with Gasteiger partial charge in [0.2, 0.25) is 11.8 Å². The van der Waals surface area contributed by atoms with Gasteiger partial charge in [-0.2, -0.15) is 0 Å². The Bertz CT molecular complexity index is 830. The van der Waals surface area contributed by atoms with Crippen LogP contribution in [0.15, 0.2) is 48.5 Å². The number of methoxy groups -OCH3 is 1. The third-order valence-corrected chi connectivity index (χ3v) is 5.12. The van der Waals surface area contributed by atoms with Crippen LogP contribution < -0.4 is 9.64 Å². The molecule has 27 heavy (non-hydrogen) atoms. The van der Waals surface area contributed by atoms with Crippen molar-refractivity contribution in [2.24, 2.45) is 5.92 Å². The highest BCUT2D eigenvalue weighted by atomic mass is 16.5. The van der Waals surface area contributed by atoms with E-state index in [4.69, 9.17) is 4.74 Å². The number of hydrogen-bond donors (Lipinski definition) is 0. The van der Waals surface area contributed by atoms with Crippen molar-refractivity contribution in [3.8, 4) is 5.75 Å². The molecule has 1 aliphatic rings. The van der Waals surface area contributed by atoms with E-state index in [0.717, 1.165) is 16.8 Å². The molecule has 1 aliphatic heterocycles. The van der Waals surface area contributed by atoms with E-state index in [1.807, 2.05) is 55.5 Å². The maximum atomic E-state index is 13.0. The topological polar surface area (TPSA) is 49.9 Å². The van der Waals surface area contributed by atoms with Crippen molar-refractivity contribution >= 4 is 17.5 Å². The standard InChI is InChI=1S/C22H26N2O3/c1-15-9-11-16(12-10-15)24-20(25)14-13-18(22(26)23(2)3)21(24)17-7-5-6-8-19(17)27-4/h5-12,18,21H,13-14H2,1-4H3. The Labute approximate surface area is 160 Å². The lowest BCUT2D eigenvalue weighted by Gasteiger charge is -2.42. The van der Waals surface area contributed by atoms with Gasteiger partial charge < -0.3 is 14.5 Å². The zero-order valence-electron chi connectivity index (χ0n) is 16.3. The highest BCUT2D eigenvalue weighted by Gasteiger charge is 2.43. The van der Waals surface area contributed by atoms with Crippen molar-refractivity contribution in [3.63, 3.8) is 0 Å². The summed E-state index contributed by atoms with van der Waals surface area (Å²) in [7, 11) is 5.13. The third kappa shape index (κ3) is 3.68. The zero-order chi connectivity index (χ0) is 19.6. The number of nitrogens with zero attached hydrogens (tertiary/aromatic N) is 2. The number of amides is 2. The SMILES string of the molecule is COc1ccccc1C1C(C(=O)N(C)C)CCC(=O)N1c1ccc(C)cc1. The third-order valence-electron chi connectivity index (χ3n) is 5.12. The smallest absolute Gasteiger partial charge is 0.227 e. The Morgan fingerprint density at radius 2 is 1.78 bits per heavy atom. The Hall–Kier alpha value is -2.82. The minimum atomic E-state index is -0.403. The molecule has 2 amide bonds. The fourth-order valence-corrected chi connectivity index (χ4v) is 3.76. The maximum Gasteiger partial charge on any atom is 0.227 e. The maximum absolute atomic E-state index is 13.0. The van der Waals surface area contributed by atoms with Gasteiger partial charge in [0, 0.05) is 31.8 Å². The Balaban J connectivity index is 2.16. The van der Waals surface area contributed by atoms with E-state index in [-0.39, 0.29) is 17.7 Å².